The van der Waals surface area contributed by atoms with Crippen molar-refractivity contribution in [2.45, 2.75) is 19.9 Å². The average molecular weight is 348 g/mol. The lowest BCUT2D eigenvalue weighted by atomic mass is 10.2. The Hall–Kier alpha value is -3.35. The lowest BCUT2D eigenvalue weighted by molar-refractivity contribution is 0.414. The van der Waals surface area contributed by atoms with Gasteiger partial charge >= 0.3 is 0 Å². The van der Waals surface area contributed by atoms with Crippen molar-refractivity contribution in [3.8, 4) is 11.4 Å². The van der Waals surface area contributed by atoms with E-state index in [4.69, 9.17) is 4.74 Å². The Morgan fingerprint density at radius 2 is 1.92 bits per heavy atom. The predicted molar refractivity (Wildman–Crippen MR) is 99.9 cm³/mol. The van der Waals surface area contributed by atoms with Crippen LogP contribution in [0.5, 0.6) is 5.75 Å². The molecule has 0 spiro atoms. The molecule has 1 aromatic carbocycles. The third-order valence-electron chi connectivity index (χ3n) is 4.29. The highest BCUT2D eigenvalue weighted by Crippen LogP contribution is 2.21. The number of nitrogens with zero attached hydrogens (tertiary/aromatic N) is 5. The first-order valence-electron chi connectivity index (χ1n) is 8.41. The average Bonchev–Trinajstić information content (AvgIpc) is 3.31. The fourth-order valence-electron chi connectivity index (χ4n) is 2.88. The molecule has 0 aliphatic rings. The Morgan fingerprint density at radius 3 is 2.69 bits per heavy atom. The van der Waals surface area contributed by atoms with Crippen LogP contribution in [-0.4, -0.2) is 31.5 Å². The molecule has 1 atom stereocenters. The highest BCUT2D eigenvalue weighted by atomic mass is 16.5. The first kappa shape index (κ1) is 16.1. The lowest BCUT2D eigenvalue weighted by Crippen LogP contribution is -2.10. The molecule has 132 valence electrons. The molecule has 0 unspecified atom stereocenters. The maximum absolute atomic E-state index is 5.20. The van der Waals surface area contributed by atoms with E-state index in [1.807, 2.05) is 60.4 Å². The molecule has 0 fully saturated rings. The minimum absolute atomic E-state index is 0.0659. The Balaban J connectivity index is 1.57. The Morgan fingerprint density at radius 1 is 1.12 bits per heavy atom. The Labute approximate surface area is 151 Å². The van der Waals surface area contributed by atoms with Crippen LogP contribution in [0.1, 0.15) is 24.2 Å². The van der Waals surface area contributed by atoms with Crippen LogP contribution >= 0.6 is 0 Å². The maximum atomic E-state index is 5.20. The zero-order valence-corrected chi connectivity index (χ0v) is 14.9. The summed E-state index contributed by atoms with van der Waals surface area (Å²) >= 11 is 0. The van der Waals surface area contributed by atoms with Crippen molar-refractivity contribution in [1.29, 1.82) is 0 Å². The van der Waals surface area contributed by atoms with E-state index >= 15 is 0 Å². The highest BCUT2D eigenvalue weighted by molar-refractivity contribution is 5.50. The van der Waals surface area contributed by atoms with Gasteiger partial charge in [0.15, 0.2) is 5.65 Å². The summed E-state index contributed by atoms with van der Waals surface area (Å²) in [4.78, 5) is 4.47. The van der Waals surface area contributed by atoms with Gasteiger partial charge in [-0.15, -0.1) is 0 Å². The molecule has 3 heterocycles. The highest BCUT2D eigenvalue weighted by Gasteiger charge is 2.12. The molecule has 0 bridgehead atoms. The quantitative estimate of drug-likeness (QED) is 0.598. The van der Waals surface area contributed by atoms with Gasteiger partial charge in [0.05, 0.1) is 31.2 Å². The smallest absolute Gasteiger partial charge is 0.157 e. The van der Waals surface area contributed by atoms with Gasteiger partial charge in [0.25, 0.3) is 0 Å². The van der Waals surface area contributed by atoms with Crippen LogP contribution in [0.4, 0.5) is 5.82 Å². The van der Waals surface area contributed by atoms with Crippen molar-refractivity contribution in [3.63, 3.8) is 0 Å². The molecule has 0 aliphatic heterocycles. The molecule has 0 saturated heterocycles. The lowest BCUT2D eigenvalue weighted by Gasteiger charge is -2.15. The number of aromatic nitrogens is 5. The van der Waals surface area contributed by atoms with Crippen molar-refractivity contribution >= 4 is 11.5 Å². The topological polar surface area (TPSA) is 69.3 Å². The van der Waals surface area contributed by atoms with E-state index in [9.17, 15) is 0 Å². The van der Waals surface area contributed by atoms with Crippen molar-refractivity contribution in [1.82, 2.24) is 24.4 Å². The molecule has 26 heavy (non-hydrogen) atoms. The van der Waals surface area contributed by atoms with Gasteiger partial charge in [0, 0.05) is 29.6 Å². The molecular weight excluding hydrogens is 328 g/mol. The standard InChI is InChI=1S/C19H20N6O/c1-13-10-19(25-18(22-13)8-9-20-25)23-14(2)15-11-21-24(12-15)16-4-6-17(26-3)7-5-16/h4-12,14,23H,1-3H3/t14-/m0/s1. The van der Waals surface area contributed by atoms with Gasteiger partial charge in [0.2, 0.25) is 0 Å². The Kier molecular flexibility index (Phi) is 4.04. The second-order valence-corrected chi connectivity index (χ2v) is 6.17. The van der Waals surface area contributed by atoms with Crippen LogP contribution in [0, 0.1) is 6.92 Å². The van der Waals surface area contributed by atoms with E-state index in [-0.39, 0.29) is 6.04 Å². The van der Waals surface area contributed by atoms with Gasteiger partial charge in [-0.3, -0.25) is 0 Å². The summed E-state index contributed by atoms with van der Waals surface area (Å²) in [5, 5.41) is 12.3. The van der Waals surface area contributed by atoms with Gasteiger partial charge in [-0.25, -0.2) is 9.67 Å². The number of anilines is 1. The van der Waals surface area contributed by atoms with Crippen LogP contribution in [-0.2, 0) is 0 Å². The monoisotopic (exact) mass is 348 g/mol. The second-order valence-electron chi connectivity index (χ2n) is 6.17. The van der Waals surface area contributed by atoms with Crippen LogP contribution < -0.4 is 10.1 Å². The fourth-order valence-corrected chi connectivity index (χ4v) is 2.88. The zero-order chi connectivity index (χ0) is 18.1. The van der Waals surface area contributed by atoms with E-state index in [0.29, 0.717) is 0 Å². The van der Waals surface area contributed by atoms with Crippen molar-refractivity contribution < 1.29 is 4.74 Å². The summed E-state index contributed by atoms with van der Waals surface area (Å²) < 4.78 is 8.86. The summed E-state index contributed by atoms with van der Waals surface area (Å²) in [5.74, 6) is 1.73. The van der Waals surface area contributed by atoms with Crippen LogP contribution in [0.15, 0.2) is 55.0 Å². The predicted octanol–water partition coefficient (Wildman–Crippen LogP) is 3.41. The number of fused-ring (bicyclic) bond motifs is 1. The summed E-state index contributed by atoms with van der Waals surface area (Å²) in [7, 11) is 1.66. The third kappa shape index (κ3) is 2.99. The van der Waals surface area contributed by atoms with E-state index < -0.39 is 0 Å². The normalized spacial score (nSPS) is 12.3. The molecule has 0 saturated carbocycles. The van der Waals surface area contributed by atoms with E-state index in [1.54, 1.807) is 17.8 Å². The molecular formula is C19H20N6O. The number of methoxy groups -OCH3 is 1. The molecule has 7 nitrogen and oxygen atoms in total. The minimum Gasteiger partial charge on any atom is -0.497 e. The van der Waals surface area contributed by atoms with Gasteiger partial charge in [-0.05, 0) is 38.1 Å². The molecule has 4 aromatic rings. The third-order valence-corrected chi connectivity index (χ3v) is 4.29. The molecule has 4 rings (SSSR count). The number of aryl methyl sites for hydroxylation is 1. The van der Waals surface area contributed by atoms with E-state index in [0.717, 1.165) is 34.2 Å². The molecule has 0 amide bonds. The minimum atomic E-state index is 0.0659. The summed E-state index contributed by atoms with van der Waals surface area (Å²) in [6, 6.07) is 11.8. The van der Waals surface area contributed by atoms with E-state index in [2.05, 4.69) is 27.4 Å². The number of benzene rings is 1. The second kappa shape index (κ2) is 6.51. The number of rotatable bonds is 5. The van der Waals surface area contributed by atoms with E-state index in [1.165, 1.54) is 0 Å². The van der Waals surface area contributed by atoms with Crippen LogP contribution in [0.3, 0.4) is 0 Å². The molecule has 0 radical (unpaired) electrons. The van der Waals surface area contributed by atoms with Crippen molar-refractivity contribution in [3.05, 3.63) is 66.2 Å². The largest absolute Gasteiger partial charge is 0.497 e. The SMILES string of the molecule is COc1ccc(-n2cc([C@H](C)Nc3cc(C)nc4ccnn34)cn2)cc1. The number of hydrogen-bond acceptors (Lipinski definition) is 5. The van der Waals surface area contributed by atoms with Gasteiger partial charge in [-0.1, -0.05) is 0 Å². The number of ether oxygens (including phenoxy) is 1. The van der Waals surface area contributed by atoms with Gasteiger partial charge in [0.1, 0.15) is 11.6 Å². The first-order chi connectivity index (χ1) is 12.6. The summed E-state index contributed by atoms with van der Waals surface area (Å²) in [5.41, 5.74) is 3.84. The van der Waals surface area contributed by atoms with Gasteiger partial charge < -0.3 is 10.1 Å². The van der Waals surface area contributed by atoms with Crippen molar-refractivity contribution in [2.24, 2.45) is 0 Å². The fraction of sp³-hybridized carbons (Fsp3) is 0.211. The summed E-state index contributed by atoms with van der Waals surface area (Å²) in [6.45, 7) is 4.07. The summed E-state index contributed by atoms with van der Waals surface area (Å²) in [6.07, 6.45) is 5.64. The Bertz CT molecular complexity index is 1030. The first-order valence-corrected chi connectivity index (χ1v) is 8.41. The van der Waals surface area contributed by atoms with Crippen molar-refractivity contribution in [2.75, 3.05) is 12.4 Å². The molecule has 3 aromatic heterocycles. The van der Waals surface area contributed by atoms with Crippen LogP contribution in [0.2, 0.25) is 0 Å². The van der Waals surface area contributed by atoms with Gasteiger partial charge in [-0.2, -0.15) is 14.7 Å². The maximum Gasteiger partial charge on any atom is 0.157 e. The molecule has 7 heteroatoms. The molecule has 0 aliphatic carbocycles. The molecule has 1 N–H and O–H groups in total. The zero-order valence-electron chi connectivity index (χ0n) is 14.9. The number of nitrogens with one attached hydrogen (secondary N) is 1. The number of hydrogen-bond donors (Lipinski definition) is 1. The van der Waals surface area contributed by atoms with Crippen LogP contribution in [0.25, 0.3) is 11.3 Å².